The Hall–Kier alpha value is -2.50. The lowest BCUT2D eigenvalue weighted by molar-refractivity contribution is -0.137. The van der Waals surface area contributed by atoms with Crippen molar-refractivity contribution in [3.8, 4) is 0 Å². The summed E-state index contributed by atoms with van der Waals surface area (Å²) >= 11 is 0. The van der Waals surface area contributed by atoms with Gasteiger partial charge in [-0.1, -0.05) is 31.2 Å². The number of amides is 2. The van der Waals surface area contributed by atoms with Crippen LogP contribution in [0.1, 0.15) is 44.2 Å². The zero-order valence-corrected chi connectivity index (χ0v) is 14.9. The number of alkyl halides is 3. The number of nitrogens with zero attached hydrogens (tertiary/aromatic N) is 1. The molecular formula is C20H21F3N2O. The van der Waals surface area contributed by atoms with Crippen molar-refractivity contribution < 1.29 is 18.0 Å². The molecule has 138 valence electrons. The molecule has 1 aliphatic rings. The van der Waals surface area contributed by atoms with Crippen LogP contribution in [0.5, 0.6) is 0 Å². The van der Waals surface area contributed by atoms with Crippen molar-refractivity contribution in [1.82, 2.24) is 0 Å². The summed E-state index contributed by atoms with van der Waals surface area (Å²) in [6, 6.07) is 11.9. The highest BCUT2D eigenvalue weighted by Gasteiger charge is 2.40. The van der Waals surface area contributed by atoms with Crippen LogP contribution >= 0.6 is 0 Å². The zero-order chi connectivity index (χ0) is 19.1. The summed E-state index contributed by atoms with van der Waals surface area (Å²) in [5.74, 6) is 0.291. The number of hydrogen-bond acceptors (Lipinski definition) is 1. The third-order valence-corrected chi connectivity index (χ3v) is 4.76. The fourth-order valence-electron chi connectivity index (χ4n) is 3.72. The lowest BCUT2D eigenvalue weighted by atomic mass is 9.80. The molecule has 1 heterocycles. The van der Waals surface area contributed by atoms with E-state index in [1.807, 2.05) is 38.1 Å². The molecule has 0 saturated carbocycles. The molecule has 1 N–H and O–H groups in total. The maximum absolute atomic E-state index is 12.9. The highest BCUT2D eigenvalue weighted by molar-refractivity contribution is 6.03. The second-order valence-corrected chi connectivity index (χ2v) is 7.32. The van der Waals surface area contributed by atoms with Crippen LogP contribution in [0, 0.1) is 0 Å². The summed E-state index contributed by atoms with van der Waals surface area (Å²) in [6.45, 7) is 6.04. The van der Waals surface area contributed by atoms with Gasteiger partial charge in [0.05, 0.1) is 5.56 Å². The molecule has 0 aromatic heterocycles. The molecule has 0 fully saturated rings. The number of halogens is 3. The number of carbonyl (C=O) groups is 1. The fraction of sp³-hybridized carbons (Fsp3) is 0.350. The minimum Gasteiger partial charge on any atom is -0.308 e. The van der Waals surface area contributed by atoms with Gasteiger partial charge in [-0.3, -0.25) is 4.90 Å². The molecule has 3 nitrogen and oxygen atoms in total. The summed E-state index contributed by atoms with van der Waals surface area (Å²) in [5, 5.41) is 2.62. The number of fused-ring (bicyclic) bond motifs is 1. The van der Waals surface area contributed by atoms with Crippen molar-refractivity contribution in [2.24, 2.45) is 0 Å². The third-order valence-electron chi connectivity index (χ3n) is 4.76. The van der Waals surface area contributed by atoms with Crippen LogP contribution < -0.4 is 10.2 Å². The Morgan fingerprint density at radius 2 is 1.85 bits per heavy atom. The largest absolute Gasteiger partial charge is 0.416 e. The molecule has 0 bridgehead atoms. The van der Waals surface area contributed by atoms with Crippen molar-refractivity contribution in [3.05, 3.63) is 59.7 Å². The highest BCUT2D eigenvalue weighted by atomic mass is 19.4. The number of benzene rings is 2. The molecule has 2 aromatic carbocycles. The van der Waals surface area contributed by atoms with Crippen LogP contribution in [-0.4, -0.2) is 11.6 Å². The Bertz CT molecular complexity index is 830. The minimum atomic E-state index is -4.45. The summed E-state index contributed by atoms with van der Waals surface area (Å²) in [5.41, 5.74) is 0.727. The lowest BCUT2D eigenvalue weighted by Crippen LogP contribution is -2.53. The molecular weight excluding hydrogens is 341 g/mol. The Kier molecular flexibility index (Phi) is 4.46. The first-order valence-electron chi connectivity index (χ1n) is 8.47. The SMILES string of the molecule is CC1CC(C)(C)N(C(=O)Nc2cccc(C(F)(F)F)c2)c2ccccc21. The predicted molar refractivity (Wildman–Crippen MR) is 96.5 cm³/mol. The molecule has 2 aromatic rings. The third kappa shape index (κ3) is 3.41. The van der Waals surface area contributed by atoms with Gasteiger partial charge in [-0.25, -0.2) is 4.79 Å². The van der Waals surface area contributed by atoms with Gasteiger partial charge < -0.3 is 5.32 Å². The molecule has 6 heteroatoms. The summed E-state index contributed by atoms with van der Waals surface area (Å²) in [7, 11) is 0. The van der Waals surface area contributed by atoms with Crippen LogP contribution in [0.3, 0.4) is 0 Å². The topological polar surface area (TPSA) is 32.3 Å². The van der Waals surface area contributed by atoms with Crippen LogP contribution in [0.15, 0.2) is 48.5 Å². The quantitative estimate of drug-likeness (QED) is 0.660. The number of nitrogens with one attached hydrogen (secondary N) is 1. The Balaban J connectivity index is 1.93. The summed E-state index contributed by atoms with van der Waals surface area (Å²) in [4.78, 5) is 14.6. The lowest BCUT2D eigenvalue weighted by Gasteiger charge is -2.45. The molecule has 0 spiro atoms. The standard InChI is InChI=1S/C20H21F3N2O/c1-13-12-19(2,3)25(17-10-5-4-9-16(13)17)18(26)24-15-8-6-7-14(11-15)20(21,22)23/h4-11,13H,12H2,1-3H3,(H,24,26). The molecule has 0 aliphatic carbocycles. The number of rotatable bonds is 1. The average molecular weight is 362 g/mol. The minimum absolute atomic E-state index is 0.122. The maximum Gasteiger partial charge on any atom is 0.416 e. The first-order valence-corrected chi connectivity index (χ1v) is 8.47. The van der Waals surface area contributed by atoms with Crippen LogP contribution in [0.4, 0.5) is 29.3 Å². The molecule has 1 aliphatic heterocycles. The van der Waals surface area contributed by atoms with E-state index in [9.17, 15) is 18.0 Å². The second-order valence-electron chi connectivity index (χ2n) is 7.32. The number of para-hydroxylation sites is 1. The first-order chi connectivity index (χ1) is 12.1. The molecule has 0 saturated heterocycles. The van der Waals surface area contributed by atoms with E-state index < -0.39 is 23.3 Å². The molecule has 3 rings (SSSR count). The van der Waals surface area contributed by atoms with E-state index in [2.05, 4.69) is 12.2 Å². The number of hydrogen-bond donors (Lipinski definition) is 1. The first kappa shape index (κ1) is 18.3. The van der Waals surface area contributed by atoms with Crippen LogP contribution in [-0.2, 0) is 6.18 Å². The summed E-state index contributed by atoms with van der Waals surface area (Å²) in [6.07, 6.45) is -3.69. The smallest absolute Gasteiger partial charge is 0.308 e. The normalized spacial score (nSPS) is 19.0. The Morgan fingerprint density at radius 3 is 2.54 bits per heavy atom. The second kappa shape index (κ2) is 6.34. The fourth-order valence-corrected chi connectivity index (χ4v) is 3.72. The van der Waals surface area contributed by atoms with Gasteiger partial charge in [0.15, 0.2) is 0 Å². The van der Waals surface area contributed by atoms with E-state index in [0.29, 0.717) is 5.92 Å². The Morgan fingerprint density at radius 1 is 1.15 bits per heavy atom. The van der Waals surface area contributed by atoms with E-state index in [4.69, 9.17) is 0 Å². The van der Waals surface area contributed by atoms with E-state index >= 15 is 0 Å². The van der Waals surface area contributed by atoms with Crippen molar-refractivity contribution in [2.75, 3.05) is 10.2 Å². The van der Waals surface area contributed by atoms with Crippen LogP contribution in [0.2, 0.25) is 0 Å². The van der Waals surface area contributed by atoms with E-state index in [1.54, 1.807) is 4.90 Å². The van der Waals surface area contributed by atoms with Gasteiger partial charge in [-0.05, 0) is 56.0 Å². The highest BCUT2D eigenvalue weighted by Crippen LogP contribution is 2.43. The predicted octanol–water partition coefficient (Wildman–Crippen LogP) is 6.03. The van der Waals surface area contributed by atoms with Crippen molar-refractivity contribution in [1.29, 1.82) is 0 Å². The van der Waals surface area contributed by atoms with E-state index in [-0.39, 0.29) is 5.69 Å². The molecule has 1 unspecified atom stereocenters. The van der Waals surface area contributed by atoms with Gasteiger partial charge in [0.25, 0.3) is 0 Å². The van der Waals surface area contributed by atoms with Gasteiger partial charge in [-0.2, -0.15) is 13.2 Å². The van der Waals surface area contributed by atoms with Gasteiger partial charge in [0, 0.05) is 16.9 Å². The monoisotopic (exact) mass is 362 g/mol. The Labute approximate surface area is 150 Å². The number of anilines is 2. The average Bonchev–Trinajstić information content (AvgIpc) is 2.53. The van der Waals surface area contributed by atoms with Crippen molar-refractivity contribution in [2.45, 2.75) is 44.8 Å². The number of carbonyl (C=O) groups excluding carboxylic acids is 1. The summed E-state index contributed by atoms with van der Waals surface area (Å²) < 4.78 is 38.7. The molecule has 1 atom stereocenters. The van der Waals surface area contributed by atoms with Gasteiger partial charge in [0.1, 0.15) is 0 Å². The maximum atomic E-state index is 12.9. The van der Waals surface area contributed by atoms with E-state index in [0.717, 1.165) is 29.8 Å². The van der Waals surface area contributed by atoms with Gasteiger partial charge in [-0.15, -0.1) is 0 Å². The van der Waals surface area contributed by atoms with Crippen LogP contribution in [0.25, 0.3) is 0 Å². The zero-order valence-electron chi connectivity index (χ0n) is 14.9. The molecule has 26 heavy (non-hydrogen) atoms. The van der Waals surface area contributed by atoms with Crippen molar-refractivity contribution >= 4 is 17.4 Å². The van der Waals surface area contributed by atoms with Gasteiger partial charge in [0.2, 0.25) is 0 Å². The van der Waals surface area contributed by atoms with Crippen molar-refractivity contribution in [3.63, 3.8) is 0 Å². The molecule has 0 radical (unpaired) electrons. The van der Waals surface area contributed by atoms with Gasteiger partial charge >= 0.3 is 12.2 Å². The van der Waals surface area contributed by atoms with E-state index in [1.165, 1.54) is 12.1 Å². The molecule has 2 amide bonds. The number of urea groups is 1.